The van der Waals surface area contributed by atoms with Crippen LogP contribution in [-0.2, 0) is 20.7 Å². The van der Waals surface area contributed by atoms with Gasteiger partial charge in [-0.3, -0.25) is 9.78 Å². The first kappa shape index (κ1) is 21.0. The van der Waals surface area contributed by atoms with Gasteiger partial charge in [-0.15, -0.1) is 5.10 Å². The Labute approximate surface area is 181 Å². The number of rotatable bonds is 10. The Bertz CT molecular complexity index is 982. The van der Waals surface area contributed by atoms with Crippen LogP contribution in [0.2, 0.25) is 0 Å². The van der Waals surface area contributed by atoms with Crippen molar-refractivity contribution >= 4 is 17.7 Å². The van der Waals surface area contributed by atoms with Gasteiger partial charge in [0.1, 0.15) is 0 Å². The Morgan fingerprint density at radius 2 is 1.97 bits per heavy atom. The number of nitrogens with zero attached hydrogens (tertiary/aromatic N) is 3. The summed E-state index contributed by atoms with van der Waals surface area (Å²) in [5.41, 5.74) is 3.88. The number of benzene rings is 1. The van der Waals surface area contributed by atoms with Crippen molar-refractivity contribution in [2.45, 2.75) is 38.0 Å². The zero-order chi connectivity index (χ0) is 21.5. The molecule has 1 aliphatic rings. The monoisotopic (exact) mass is 422 g/mol. The molecule has 162 valence electrons. The Kier molecular flexibility index (Phi) is 6.89. The van der Waals surface area contributed by atoms with Crippen molar-refractivity contribution in [1.29, 1.82) is 0 Å². The molecule has 1 aliphatic carbocycles. The van der Waals surface area contributed by atoms with Crippen LogP contribution in [-0.4, -0.2) is 41.5 Å². The number of ether oxygens (including phenoxy) is 2. The van der Waals surface area contributed by atoms with Gasteiger partial charge in [0, 0.05) is 11.5 Å². The summed E-state index contributed by atoms with van der Waals surface area (Å²) in [6.45, 7) is 0.938. The lowest BCUT2D eigenvalue weighted by Gasteiger charge is -2.20. The molecule has 1 N–H and O–H groups in total. The number of nitrogens with one attached hydrogen (secondary N) is 1. The van der Waals surface area contributed by atoms with Crippen LogP contribution in [0.4, 0.5) is 11.7 Å². The zero-order valence-corrected chi connectivity index (χ0v) is 17.5. The largest absolute Gasteiger partial charge is 0.469 e. The van der Waals surface area contributed by atoms with Crippen LogP contribution >= 0.6 is 0 Å². The van der Waals surface area contributed by atoms with E-state index in [0.717, 1.165) is 36.2 Å². The minimum absolute atomic E-state index is 0.256. The van der Waals surface area contributed by atoms with Gasteiger partial charge >= 0.3 is 12.0 Å². The molecule has 0 spiro atoms. The Morgan fingerprint density at radius 3 is 2.65 bits per heavy atom. The molecule has 8 nitrogen and oxygen atoms in total. The zero-order valence-electron chi connectivity index (χ0n) is 17.5. The summed E-state index contributed by atoms with van der Waals surface area (Å²) >= 11 is 0. The molecule has 3 aromatic rings. The highest BCUT2D eigenvalue weighted by atomic mass is 16.5. The highest BCUT2D eigenvalue weighted by Crippen LogP contribution is 2.36. The first-order valence-corrected chi connectivity index (χ1v) is 10.5. The SMILES string of the molecule is COC(=O)CCOCCc1ccc(-c2ccc(Nc3nnc(C4CCC4)o3)cn2)cc1. The average Bonchev–Trinajstić information content (AvgIpc) is 3.20. The van der Waals surface area contributed by atoms with E-state index in [1.54, 1.807) is 6.20 Å². The molecular weight excluding hydrogens is 396 g/mol. The van der Waals surface area contributed by atoms with Crippen LogP contribution in [0.25, 0.3) is 11.3 Å². The van der Waals surface area contributed by atoms with Crippen molar-refractivity contribution in [1.82, 2.24) is 15.2 Å². The molecule has 1 aromatic carbocycles. The van der Waals surface area contributed by atoms with Gasteiger partial charge in [0.15, 0.2) is 0 Å². The van der Waals surface area contributed by atoms with E-state index < -0.39 is 0 Å². The smallest absolute Gasteiger partial charge is 0.320 e. The van der Waals surface area contributed by atoms with E-state index in [1.165, 1.54) is 19.1 Å². The van der Waals surface area contributed by atoms with E-state index in [0.29, 0.717) is 31.0 Å². The lowest BCUT2D eigenvalue weighted by Crippen LogP contribution is -2.08. The summed E-state index contributed by atoms with van der Waals surface area (Å²) in [7, 11) is 1.38. The van der Waals surface area contributed by atoms with Crippen molar-refractivity contribution in [3.8, 4) is 11.3 Å². The number of anilines is 2. The number of pyridine rings is 1. The van der Waals surface area contributed by atoms with E-state index in [9.17, 15) is 4.79 Å². The van der Waals surface area contributed by atoms with Crippen LogP contribution in [0.1, 0.15) is 43.1 Å². The molecule has 0 radical (unpaired) electrons. The van der Waals surface area contributed by atoms with Crippen LogP contribution in [0.3, 0.4) is 0 Å². The van der Waals surface area contributed by atoms with Crippen molar-refractivity contribution < 1.29 is 18.7 Å². The second-order valence-corrected chi connectivity index (χ2v) is 7.52. The van der Waals surface area contributed by atoms with Gasteiger partial charge in [0.25, 0.3) is 0 Å². The number of esters is 1. The Morgan fingerprint density at radius 1 is 1.13 bits per heavy atom. The molecule has 0 aliphatic heterocycles. The number of methoxy groups -OCH3 is 1. The van der Waals surface area contributed by atoms with E-state index >= 15 is 0 Å². The molecular formula is C23H26N4O4. The Balaban J connectivity index is 1.26. The maximum absolute atomic E-state index is 11.0. The van der Waals surface area contributed by atoms with Crippen molar-refractivity contribution in [3.63, 3.8) is 0 Å². The molecule has 2 heterocycles. The standard InChI is InChI=1S/C23H26N4O4/c1-29-21(28)12-14-30-13-11-16-5-7-17(8-6-16)20-10-9-19(15-24-20)25-23-27-26-22(31-23)18-3-2-4-18/h5-10,15,18H,2-4,11-14H2,1H3,(H,25,27). The number of aromatic nitrogens is 3. The average molecular weight is 422 g/mol. The van der Waals surface area contributed by atoms with Gasteiger partial charge in [-0.25, -0.2) is 0 Å². The van der Waals surface area contributed by atoms with Crippen LogP contribution in [0, 0.1) is 0 Å². The minimum atomic E-state index is -0.256. The predicted molar refractivity (Wildman–Crippen MR) is 115 cm³/mol. The fourth-order valence-corrected chi connectivity index (χ4v) is 3.26. The molecule has 2 aromatic heterocycles. The first-order chi connectivity index (χ1) is 15.2. The quantitative estimate of drug-likeness (QED) is 0.382. The fraction of sp³-hybridized carbons (Fsp3) is 0.391. The highest BCUT2D eigenvalue weighted by Gasteiger charge is 2.25. The number of hydrogen-bond donors (Lipinski definition) is 1. The van der Waals surface area contributed by atoms with Crippen molar-refractivity contribution in [3.05, 3.63) is 54.0 Å². The van der Waals surface area contributed by atoms with Crippen LogP contribution < -0.4 is 5.32 Å². The summed E-state index contributed by atoms with van der Waals surface area (Å²) in [5.74, 6) is 0.874. The molecule has 4 rings (SSSR count). The van der Waals surface area contributed by atoms with E-state index in [-0.39, 0.29) is 12.4 Å². The first-order valence-electron chi connectivity index (χ1n) is 10.5. The van der Waals surface area contributed by atoms with Gasteiger partial charge in [0.2, 0.25) is 5.89 Å². The third kappa shape index (κ3) is 5.67. The van der Waals surface area contributed by atoms with Crippen LogP contribution in [0.15, 0.2) is 47.0 Å². The summed E-state index contributed by atoms with van der Waals surface area (Å²) in [4.78, 5) is 15.6. The van der Waals surface area contributed by atoms with Crippen molar-refractivity contribution in [2.75, 3.05) is 25.6 Å². The topological polar surface area (TPSA) is 99.4 Å². The minimum Gasteiger partial charge on any atom is -0.469 e. The maximum Gasteiger partial charge on any atom is 0.320 e. The molecule has 8 heteroatoms. The van der Waals surface area contributed by atoms with E-state index in [2.05, 4.69) is 37.4 Å². The summed E-state index contributed by atoms with van der Waals surface area (Å²) < 4.78 is 15.7. The number of carbonyl (C=O) groups is 1. The fourth-order valence-electron chi connectivity index (χ4n) is 3.26. The van der Waals surface area contributed by atoms with Gasteiger partial charge in [-0.2, -0.15) is 0 Å². The van der Waals surface area contributed by atoms with Gasteiger partial charge in [0.05, 0.1) is 44.3 Å². The maximum atomic E-state index is 11.0. The van der Waals surface area contributed by atoms with E-state index in [1.807, 2.05) is 24.3 Å². The molecule has 0 amide bonds. The van der Waals surface area contributed by atoms with E-state index in [4.69, 9.17) is 9.15 Å². The molecule has 1 saturated carbocycles. The second kappa shape index (κ2) is 10.2. The number of hydrogen-bond acceptors (Lipinski definition) is 8. The lowest BCUT2D eigenvalue weighted by atomic mass is 9.85. The second-order valence-electron chi connectivity index (χ2n) is 7.52. The molecule has 0 saturated heterocycles. The Hall–Kier alpha value is -3.26. The third-order valence-corrected chi connectivity index (χ3v) is 5.37. The molecule has 0 bridgehead atoms. The highest BCUT2D eigenvalue weighted by molar-refractivity contribution is 5.69. The molecule has 1 fully saturated rings. The number of carbonyl (C=O) groups excluding carboxylic acids is 1. The summed E-state index contributed by atoms with van der Waals surface area (Å²) in [6.07, 6.45) is 6.29. The molecule has 0 unspecified atom stereocenters. The van der Waals surface area contributed by atoms with Gasteiger partial charge in [-0.1, -0.05) is 35.8 Å². The van der Waals surface area contributed by atoms with Crippen LogP contribution in [0.5, 0.6) is 0 Å². The summed E-state index contributed by atoms with van der Waals surface area (Å²) in [6, 6.07) is 12.5. The summed E-state index contributed by atoms with van der Waals surface area (Å²) in [5, 5.41) is 11.3. The third-order valence-electron chi connectivity index (χ3n) is 5.37. The van der Waals surface area contributed by atoms with Crippen molar-refractivity contribution in [2.24, 2.45) is 0 Å². The predicted octanol–water partition coefficient (Wildman–Crippen LogP) is 4.26. The molecule has 31 heavy (non-hydrogen) atoms. The molecule has 0 atom stereocenters. The van der Waals surface area contributed by atoms with Gasteiger partial charge < -0.3 is 19.2 Å². The normalized spacial score (nSPS) is 13.6. The lowest BCUT2D eigenvalue weighted by molar-refractivity contribution is -0.141. The van der Waals surface area contributed by atoms with Gasteiger partial charge in [-0.05, 0) is 37.0 Å².